The Morgan fingerprint density at radius 3 is 1.35 bits per heavy atom. The van der Waals surface area contributed by atoms with E-state index in [4.69, 9.17) is 68.4 Å². The van der Waals surface area contributed by atoms with Crippen LogP contribution in [-0.2, 0) is 80.5 Å². The molecule has 0 bridgehead atoms. The van der Waals surface area contributed by atoms with Crippen molar-refractivity contribution in [2.45, 2.75) is 175 Å². The standard InChI is InChI=1S/C88H123N15O26S/c1-50(2)75(97-85(112)126-37-35-122-32-31-118-9)79(106)93-54(7)77(104)95-58-19-15-56(16-20-58)48-128-87(114)102-67-43-73(71(119-10)41-62(67)81(108)100-46-52(5)39-69(100)83(102)110)124-28-13-12-14-29-125-74-44-68-63(42-72(74)120-11)82(109)101-47-53(6)40-70(101)84(111)103(68)88(115)129-49-57-17-21-59(22-18-57)96-78(105)55(8)94-80(107)76(51(3)4)98-86(113)127-38-36-123-34-33-121-30-27-91-130(116,117)92-45-64-60-23-25-65(89)66(99-90)26-24-61(60)64/h15-22,41-44,46-47,50-51,54-55,60-61,64,69-70,75-76,83-84,91-92,99,110-111H,12-14,23-40,45,48-49,89-90H2,1-11H3,(H,93,106)(H,94,107)(H,95,104)(H,96,105)(H,97,112)(H,98,113)/b66-65-/t54-,55-,60?,61?,64?,69?,70?,75-,76-,83?,84?/m0/s1. The number of fused-ring (bicyclic) bond motifs is 5. The predicted octanol–water partition coefficient (Wildman–Crippen LogP) is 6.10. The van der Waals surface area contributed by atoms with Gasteiger partial charge >= 0.3 is 24.4 Å². The highest BCUT2D eigenvalue weighted by Gasteiger charge is 2.51. The predicted molar refractivity (Wildman–Crippen MR) is 473 cm³/mol. The summed E-state index contributed by atoms with van der Waals surface area (Å²) >= 11 is 0. The fourth-order valence-electron chi connectivity index (χ4n) is 15.7. The zero-order valence-electron chi connectivity index (χ0n) is 75.1. The number of amides is 10. The molecule has 42 heteroatoms. The van der Waals surface area contributed by atoms with Gasteiger partial charge in [-0.15, -0.1) is 0 Å². The summed E-state index contributed by atoms with van der Waals surface area (Å²) in [6, 6.07) is 12.3. The first-order valence-electron chi connectivity index (χ1n) is 43.4. The molecule has 712 valence electrons. The number of nitrogens with two attached hydrogens (primary N) is 2. The lowest BCUT2D eigenvalue weighted by atomic mass is 10.0. The average Bonchev–Trinajstić information content (AvgIpc) is 1.60. The molecule has 1 fully saturated rings. The molecule has 11 atom stereocenters. The van der Waals surface area contributed by atoms with Gasteiger partial charge in [0.15, 0.2) is 35.5 Å². The molecule has 4 aliphatic heterocycles. The van der Waals surface area contributed by atoms with Gasteiger partial charge in [-0.05, 0) is 163 Å². The number of carbonyl (C=O) groups excluding carboxylic acids is 10. The third kappa shape index (κ3) is 27.3. The van der Waals surface area contributed by atoms with E-state index >= 15 is 0 Å². The van der Waals surface area contributed by atoms with E-state index in [2.05, 4.69) is 46.8 Å². The smallest absolute Gasteiger partial charge is 0.416 e. The van der Waals surface area contributed by atoms with Crippen molar-refractivity contribution < 1.29 is 123 Å². The number of aliphatic hydroxyl groups is 2. The minimum atomic E-state index is -3.74. The summed E-state index contributed by atoms with van der Waals surface area (Å²) in [5, 5.41) is 40.0. The first kappa shape index (κ1) is 101. The Bertz CT molecular complexity index is 4830. The molecule has 10 rings (SSSR count). The molecule has 6 aliphatic rings. The van der Waals surface area contributed by atoms with Crippen molar-refractivity contribution in [2.24, 2.45) is 41.2 Å². The first-order valence-corrected chi connectivity index (χ1v) is 44.9. The monoisotopic (exact) mass is 1840 g/mol. The van der Waals surface area contributed by atoms with Crippen LogP contribution in [0.5, 0.6) is 23.0 Å². The number of carbonyl (C=O) groups is 10. The van der Waals surface area contributed by atoms with Crippen molar-refractivity contribution in [3.05, 3.63) is 130 Å². The van der Waals surface area contributed by atoms with Crippen LogP contribution in [-0.4, -0.2) is 244 Å². The summed E-state index contributed by atoms with van der Waals surface area (Å²) in [7, 11) is 0.578. The number of allylic oxidation sites excluding steroid dienone is 2. The highest BCUT2D eigenvalue weighted by Crippen LogP contribution is 2.53. The van der Waals surface area contributed by atoms with Gasteiger partial charge in [0, 0.05) is 67.5 Å². The largest absolute Gasteiger partial charge is 0.493 e. The molecule has 1 saturated carbocycles. The number of unbranched alkanes of at least 4 members (excludes halogenated alkanes) is 2. The number of nitrogens with one attached hydrogen (secondary N) is 9. The Balaban J connectivity index is 0.664. The SMILES string of the molecule is COCCOCCOC(=O)N[C@H](C(=O)N[C@@H](C)C(=O)Nc1ccc(COC(=O)N2c3cc(OCCCCCOc4cc5c(cc4OC)C(=O)N4C=C(C)CC4C(O)N5C(=O)OCc4ccc(NC(=O)[C@H](C)NC(=O)[C@@H](NC(=O)OCCOCCOCCNS(=O)(=O)NCC5C6CC/C(N)=C(/NN)CCC65)C(C)C)cc4)c(OC)cc3C(=O)N3C=C(C)CC3C2O)cc1)C(C)C. The molecular formula is C88H123N15O26S. The number of aliphatic hydroxyl groups excluding tert-OH is 2. The Hall–Kier alpha value is -11.6. The molecule has 0 spiro atoms. The van der Waals surface area contributed by atoms with Crippen molar-refractivity contribution in [2.75, 3.05) is 128 Å². The Morgan fingerprint density at radius 1 is 0.508 bits per heavy atom. The highest BCUT2D eigenvalue weighted by atomic mass is 32.2. The van der Waals surface area contributed by atoms with Gasteiger partial charge in [-0.2, -0.15) is 13.1 Å². The normalized spacial score (nSPS) is 20.1. The molecule has 130 heavy (non-hydrogen) atoms. The van der Waals surface area contributed by atoms with Crippen LogP contribution >= 0.6 is 0 Å². The fraction of sp³-hybridized carbons (Fsp3) is 0.545. The molecule has 41 nitrogen and oxygen atoms in total. The quantitative estimate of drug-likeness (QED) is 0.0103. The third-order valence-electron chi connectivity index (χ3n) is 22.9. The molecular weight excluding hydrogens is 1720 g/mol. The second-order valence-corrected chi connectivity index (χ2v) is 34.6. The van der Waals surface area contributed by atoms with Crippen LogP contribution in [0.4, 0.5) is 41.9 Å². The van der Waals surface area contributed by atoms with E-state index in [1.165, 1.54) is 69.2 Å². The van der Waals surface area contributed by atoms with Crippen LogP contribution in [0.15, 0.2) is 108 Å². The first-order chi connectivity index (χ1) is 62.2. The minimum Gasteiger partial charge on any atom is -0.493 e. The molecule has 0 saturated heterocycles. The summed E-state index contributed by atoms with van der Waals surface area (Å²) < 4.78 is 97.6. The Labute approximate surface area is 755 Å². The zero-order valence-corrected chi connectivity index (χ0v) is 75.9. The van der Waals surface area contributed by atoms with Gasteiger partial charge in [-0.1, -0.05) is 63.1 Å². The maximum Gasteiger partial charge on any atom is 0.416 e. The minimum absolute atomic E-state index is 0.00151. The van der Waals surface area contributed by atoms with Crippen molar-refractivity contribution in [3.63, 3.8) is 0 Å². The second-order valence-electron chi connectivity index (χ2n) is 33.0. The van der Waals surface area contributed by atoms with Crippen LogP contribution < -0.4 is 87.1 Å². The molecule has 0 radical (unpaired) electrons. The van der Waals surface area contributed by atoms with Gasteiger partial charge in [-0.25, -0.2) is 33.7 Å². The number of nitrogens with zero attached hydrogens (tertiary/aromatic N) is 4. The lowest BCUT2D eigenvalue weighted by Crippen LogP contribution is -2.53. The number of rotatable bonds is 46. The molecule has 4 aromatic carbocycles. The van der Waals surface area contributed by atoms with Crippen LogP contribution in [0.25, 0.3) is 0 Å². The summed E-state index contributed by atoms with van der Waals surface area (Å²) in [6.45, 7) is 14.3. The van der Waals surface area contributed by atoms with Gasteiger partial charge in [0.1, 0.15) is 50.6 Å². The van der Waals surface area contributed by atoms with E-state index in [1.54, 1.807) is 102 Å². The van der Waals surface area contributed by atoms with Gasteiger partial charge in [0.25, 0.3) is 22.0 Å². The van der Waals surface area contributed by atoms with Crippen molar-refractivity contribution >= 4 is 92.8 Å². The topological polar surface area (TPSA) is 529 Å². The van der Waals surface area contributed by atoms with E-state index in [-0.39, 0.29) is 149 Å². The van der Waals surface area contributed by atoms with E-state index in [1.807, 2.05) is 0 Å². The molecule has 15 N–H and O–H groups in total. The average molecular weight is 1840 g/mol. The van der Waals surface area contributed by atoms with Crippen LogP contribution in [0.3, 0.4) is 0 Å². The van der Waals surface area contributed by atoms with Gasteiger partial charge in [0.05, 0.1) is 108 Å². The van der Waals surface area contributed by atoms with Crippen molar-refractivity contribution in [3.8, 4) is 23.0 Å². The van der Waals surface area contributed by atoms with Crippen molar-refractivity contribution in [1.29, 1.82) is 0 Å². The number of benzene rings is 4. The molecule has 10 amide bonds. The van der Waals surface area contributed by atoms with E-state index in [0.29, 0.717) is 79.8 Å². The number of methoxy groups -OCH3 is 3. The lowest BCUT2D eigenvalue weighted by Gasteiger charge is -2.31. The number of anilines is 4. The molecule has 0 aromatic heterocycles. The van der Waals surface area contributed by atoms with Crippen LogP contribution in [0, 0.1) is 29.6 Å². The van der Waals surface area contributed by atoms with E-state index < -0.39 is 125 Å². The molecule has 4 heterocycles. The highest BCUT2D eigenvalue weighted by molar-refractivity contribution is 7.87. The Kier molecular flexibility index (Phi) is 37.0. The number of ether oxygens (including phenoxy) is 12. The molecule has 7 unspecified atom stereocenters. The fourth-order valence-corrected chi connectivity index (χ4v) is 16.6. The van der Waals surface area contributed by atoms with Gasteiger partial charge in [-0.3, -0.25) is 34.6 Å². The van der Waals surface area contributed by atoms with E-state index in [0.717, 1.165) is 51.6 Å². The summed E-state index contributed by atoms with van der Waals surface area (Å²) in [5.41, 5.74) is 13.6. The third-order valence-corrected chi connectivity index (χ3v) is 24.0. The van der Waals surface area contributed by atoms with Crippen molar-refractivity contribution in [1.82, 2.24) is 45.9 Å². The summed E-state index contributed by atoms with van der Waals surface area (Å²) in [4.78, 5) is 141. The summed E-state index contributed by atoms with van der Waals surface area (Å²) in [6.07, 6.45) is 1.40. The van der Waals surface area contributed by atoms with Crippen LogP contribution in [0.1, 0.15) is 145 Å². The maximum atomic E-state index is 14.5. The Morgan fingerprint density at radius 2 is 0.931 bits per heavy atom. The van der Waals surface area contributed by atoms with E-state index in [9.17, 15) is 66.6 Å². The maximum absolute atomic E-state index is 14.5. The number of hydrazine groups is 1. The molecule has 2 aliphatic carbocycles. The van der Waals surface area contributed by atoms with Crippen LogP contribution in [0.2, 0.25) is 0 Å². The number of hydrogen-bond acceptors (Lipinski definition) is 29. The zero-order chi connectivity index (χ0) is 94.0. The van der Waals surface area contributed by atoms with Gasteiger partial charge < -0.3 is 120 Å². The second kappa shape index (κ2) is 47.8. The molecule has 4 aromatic rings. The number of hydrogen-bond donors (Lipinski definition) is 13. The lowest BCUT2D eigenvalue weighted by molar-refractivity contribution is -0.128. The number of alkyl carbamates (subject to hydrolysis) is 2. The summed E-state index contributed by atoms with van der Waals surface area (Å²) in [5.74, 6) is 3.02. The van der Waals surface area contributed by atoms with Gasteiger partial charge in [0.2, 0.25) is 23.6 Å².